The number of piperidine rings is 1. The zero-order chi connectivity index (χ0) is 17.3. The predicted octanol–water partition coefficient (Wildman–Crippen LogP) is 3.14. The van der Waals surface area contributed by atoms with Gasteiger partial charge in [0, 0.05) is 30.1 Å². The molecule has 5 nitrogen and oxygen atoms in total. The molecule has 2 aromatic rings. The quantitative estimate of drug-likeness (QED) is 0.928. The first-order chi connectivity index (χ1) is 11.5. The number of hydrogen-bond acceptors (Lipinski definition) is 4. The minimum Gasteiger partial charge on any atom is -0.338 e. The molecule has 0 saturated carbocycles. The SMILES string of the molecule is Cc1cnc(NC(=O)C2CCC(=O)N(C)C2c2ccccc2F)s1. The van der Waals surface area contributed by atoms with Gasteiger partial charge in [-0.3, -0.25) is 9.59 Å². The van der Waals surface area contributed by atoms with Crippen molar-refractivity contribution in [1.82, 2.24) is 9.88 Å². The van der Waals surface area contributed by atoms with E-state index in [1.54, 1.807) is 31.4 Å². The Hall–Kier alpha value is -2.28. The number of likely N-dealkylation sites (tertiary alicyclic amines) is 1. The number of anilines is 1. The number of carbonyl (C=O) groups is 2. The molecule has 126 valence electrons. The number of nitrogens with one attached hydrogen (secondary N) is 1. The van der Waals surface area contributed by atoms with E-state index in [4.69, 9.17) is 0 Å². The highest BCUT2D eigenvalue weighted by molar-refractivity contribution is 7.15. The molecule has 0 bridgehead atoms. The molecule has 1 aromatic heterocycles. The molecule has 1 aliphatic rings. The number of halogens is 1. The third-order valence-electron chi connectivity index (χ3n) is 4.27. The van der Waals surface area contributed by atoms with Gasteiger partial charge < -0.3 is 10.2 Å². The first-order valence-electron chi connectivity index (χ1n) is 7.70. The number of thiazole rings is 1. The highest BCUT2D eigenvalue weighted by Crippen LogP contribution is 2.37. The fourth-order valence-electron chi connectivity index (χ4n) is 3.06. The largest absolute Gasteiger partial charge is 0.338 e. The minimum absolute atomic E-state index is 0.0857. The standard InChI is InChI=1S/C17H18FN3O2S/c1-10-9-19-17(24-10)20-16(23)12-7-8-14(22)21(2)15(12)11-5-3-4-6-13(11)18/h3-6,9,12,15H,7-8H2,1-2H3,(H,19,20,23). The van der Waals surface area contributed by atoms with E-state index in [0.717, 1.165) is 4.88 Å². The van der Waals surface area contributed by atoms with Crippen molar-refractivity contribution in [3.8, 4) is 0 Å². The van der Waals surface area contributed by atoms with Gasteiger partial charge >= 0.3 is 0 Å². The summed E-state index contributed by atoms with van der Waals surface area (Å²) in [6.07, 6.45) is 2.35. The van der Waals surface area contributed by atoms with Crippen molar-refractivity contribution in [2.75, 3.05) is 12.4 Å². The van der Waals surface area contributed by atoms with E-state index in [1.165, 1.54) is 22.3 Å². The van der Waals surface area contributed by atoms with Crippen LogP contribution in [-0.4, -0.2) is 28.7 Å². The van der Waals surface area contributed by atoms with Gasteiger partial charge in [0.2, 0.25) is 11.8 Å². The van der Waals surface area contributed by atoms with Crippen LogP contribution in [-0.2, 0) is 9.59 Å². The molecule has 24 heavy (non-hydrogen) atoms. The van der Waals surface area contributed by atoms with Gasteiger partial charge in [0.15, 0.2) is 5.13 Å². The molecular weight excluding hydrogens is 329 g/mol. The van der Waals surface area contributed by atoms with E-state index < -0.39 is 17.8 Å². The molecule has 1 saturated heterocycles. The van der Waals surface area contributed by atoms with Gasteiger partial charge in [0.1, 0.15) is 5.82 Å². The van der Waals surface area contributed by atoms with Crippen LogP contribution >= 0.6 is 11.3 Å². The Bertz CT molecular complexity index is 777. The van der Waals surface area contributed by atoms with Crippen LogP contribution in [0.3, 0.4) is 0 Å². The van der Waals surface area contributed by atoms with Gasteiger partial charge in [-0.15, -0.1) is 11.3 Å². The summed E-state index contributed by atoms with van der Waals surface area (Å²) in [6.45, 7) is 1.91. The van der Waals surface area contributed by atoms with Gasteiger partial charge in [-0.25, -0.2) is 9.37 Å². The molecule has 0 aliphatic carbocycles. The molecule has 2 atom stereocenters. The average molecular weight is 347 g/mol. The van der Waals surface area contributed by atoms with E-state index >= 15 is 0 Å². The first kappa shape index (κ1) is 16.6. The Morgan fingerprint density at radius 3 is 2.83 bits per heavy atom. The zero-order valence-corrected chi connectivity index (χ0v) is 14.3. The molecular formula is C17H18FN3O2S. The highest BCUT2D eigenvalue weighted by atomic mass is 32.1. The van der Waals surface area contributed by atoms with Gasteiger partial charge in [-0.2, -0.15) is 0 Å². The number of hydrogen-bond donors (Lipinski definition) is 1. The fraction of sp³-hybridized carbons (Fsp3) is 0.353. The molecule has 1 aromatic carbocycles. The van der Waals surface area contributed by atoms with Crippen LogP contribution in [0.25, 0.3) is 0 Å². The summed E-state index contributed by atoms with van der Waals surface area (Å²) in [5.74, 6) is -1.25. The number of rotatable bonds is 3. The summed E-state index contributed by atoms with van der Waals surface area (Å²) in [7, 11) is 1.62. The Kier molecular flexibility index (Phi) is 4.62. The van der Waals surface area contributed by atoms with Crippen molar-refractivity contribution in [2.24, 2.45) is 5.92 Å². The van der Waals surface area contributed by atoms with Crippen LogP contribution in [0, 0.1) is 18.7 Å². The van der Waals surface area contributed by atoms with E-state index in [1.807, 2.05) is 6.92 Å². The maximum Gasteiger partial charge on any atom is 0.231 e. The number of aryl methyl sites for hydroxylation is 1. The second kappa shape index (κ2) is 6.68. The van der Waals surface area contributed by atoms with Crippen LogP contribution in [0.5, 0.6) is 0 Å². The monoisotopic (exact) mass is 347 g/mol. The van der Waals surface area contributed by atoms with Gasteiger partial charge in [0.25, 0.3) is 0 Å². The Labute approximate surface area is 143 Å². The number of amides is 2. The molecule has 1 fully saturated rings. The van der Waals surface area contributed by atoms with Crippen molar-refractivity contribution in [1.29, 1.82) is 0 Å². The Balaban J connectivity index is 1.90. The van der Waals surface area contributed by atoms with Crippen LogP contribution < -0.4 is 5.32 Å². The van der Waals surface area contributed by atoms with Crippen molar-refractivity contribution in [3.63, 3.8) is 0 Å². The van der Waals surface area contributed by atoms with E-state index in [2.05, 4.69) is 10.3 Å². The number of benzene rings is 1. The summed E-state index contributed by atoms with van der Waals surface area (Å²) in [5.41, 5.74) is 0.364. The van der Waals surface area contributed by atoms with E-state index in [9.17, 15) is 14.0 Å². The summed E-state index contributed by atoms with van der Waals surface area (Å²) in [6, 6.07) is 5.67. The zero-order valence-electron chi connectivity index (χ0n) is 13.5. The summed E-state index contributed by atoms with van der Waals surface area (Å²) < 4.78 is 14.3. The van der Waals surface area contributed by atoms with Gasteiger partial charge in [-0.1, -0.05) is 18.2 Å². The lowest BCUT2D eigenvalue weighted by atomic mass is 9.84. The smallest absolute Gasteiger partial charge is 0.231 e. The normalized spacial score (nSPS) is 21.0. The molecule has 2 unspecified atom stereocenters. The summed E-state index contributed by atoms with van der Waals surface area (Å²) in [5, 5.41) is 3.31. The molecule has 0 spiro atoms. The second-order valence-electron chi connectivity index (χ2n) is 5.88. The van der Waals surface area contributed by atoms with Crippen molar-refractivity contribution in [2.45, 2.75) is 25.8 Å². The maximum atomic E-state index is 14.3. The lowest BCUT2D eigenvalue weighted by Gasteiger charge is -2.38. The average Bonchev–Trinajstić information content (AvgIpc) is 2.95. The maximum absolute atomic E-state index is 14.3. The third kappa shape index (κ3) is 3.17. The lowest BCUT2D eigenvalue weighted by molar-refractivity contribution is -0.140. The molecule has 2 amide bonds. The van der Waals surface area contributed by atoms with Crippen molar-refractivity contribution in [3.05, 3.63) is 46.7 Å². The van der Waals surface area contributed by atoms with Gasteiger partial charge in [0.05, 0.1) is 12.0 Å². The number of carbonyl (C=O) groups excluding carboxylic acids is 2. The number of aromatic nitrogens is 1. The summed E-state index contributed by atoms with van der Waals surface area (Å²) >= 11 is 1.38. The summed E-state index contributed by atoms with van der Waals surface area (Å²) in [4.78, 5) is 31.4. The van der Waals surface area contributed by atoms with Crippen LogP contribution in [0.4, 0.5) is 9.52 Å². The Morgan fingerprint density at radius 1 is 1.42 bits per heavy atom. The van der Waals surface area contributed by atoms with Crippen LogP contribution in [0.15, 0.2) is 30.5 Å². The lowest BCUT2D eigenvalue weighted by Crippen LogP contribution is -2.44. The minimum atomic E-state index is -0.617. The molecule has 2 heterocycles. The molecule has 3 rings (SSSR count). The fourth-order valence-corrected chi connectivity index (χ4v) is 3.73. The van der Waals surface area contributed by atoms with Gasteiger partial charge in [-0.05, 0) is 19.4 Å². The topological polar surface area (TPSA) is 62.3 Å². The molecule has 1 aliphatic heterocycles. The first-order valence-corrected chi connectivity index (χ1v) is 8.52. The molecule has 0 radical (unpaired) electrons. The molecule has 1 N–H and O–H groups in total. The molecule has 7 heteroatoms. The van der Waals surface area contributed by atoms with Crippen LogP contribution in [0.2, 0.25) is 0 Å². The highest BCUT2D eigenvalue weighted by Gasteiger charge is 2.40. The van der Waals surface area contributed by atoms with Crippen molar-refractivity contribution < 1.29 is 14.0 Å². The van der Waals surface area contributed by atoms with Crippen LogP contribution in [0.1, 0.15) is 29.3 Å². The Morgan fingerprint density at radius 2 is 2.17 bits per heavy atom. The second-order valence-corrected chi connectivity index (χ2v) is 7.12. The number of nitrogens with zero attached hydrogens (tertiary/aromatic N) is 2. The van der Waals surface area contributed by atoms with Crippen molar-refractivity contribution >= 4 is 28.3 Å². The van der Waals surface area contributed by atoms with E-state index in [-0.39, 0.29) is 18.2 Å². The van der Waals surface area contributed by atoms with E-state index in [0.29, 0.717) is 17.1 Å². The third-order valence-corrected chi connectivity index (χ3v) is 5.10. The predicted molar refractivity (Wildman–Crippen MR) is 90.1 cm³/mol.